The summed E-state index contributed by atoms with van der Waals surface area (Å²) >= 11 is 0. The van der Waals surface area contributed by atoms with Gasteiger partial charge in [-0.3, -0.25) is 4.99 Å². The van der Waals surface area contributed by atoms with Crippen LogP contribution in [0.5, 0.6) is 0 Å². The Kier molecular flexibility index (Phi) is 6.21. The average molecular weight is 306 g/mol. The number of nitrogens with one attached hydrogen (secondary N) is 3. The van der Waals surface area contributed by atoms with E-state index in [0.29, 0.717) is 19.8 Å². The molecule has 2 aromatic rings. The number of hydrogen-bond acceptors (Lipinski definition) is 2. The molecule has 1 aromatic heterocycles. The maximum Gasteiger partial charge on any atom is 0.191 e. The van der Waals surface area contributed by atoms with Gasteiger partial charge in [0.25, 0.3) is 0 Å². The second-order valence-electron chi connectivity index (χ2n) is 4.88. The molecule has 1 heterocycles. The minimum absolute atomic E-state index is 0.213. The Bertz CT molecular complexity index is 624. The van der Waals surface area contributed by atoms with E-state index in [1.54, 1.807) is 19.2 Å². The fourth-order valence-electron chi connectivity index (χ4n) is 2.28. The van der Waals surface area contributed by atoms with Crippen molar-refractivity contribution >= 4 is 16.9 Å². The predicted octanol–water partition coefficient (Wildman–Crippen LogP) is 2.05. The first kappa shape index (κ1) is 16.3. The lowest BCUT2D eigenvalue weighted by molar-refractivity contribution is 0.152. The number of aromatic nitrogens is 1. The highest BCUT2D eigenvalue weighted by Crippen LogP contribution is 2.19. The zero-order chi connectivity index (χ0) is 15.8. The highest BCUT2D eigenvalue weighted by atomic mass is 19.1. The molecule has 0 saturated heterocycles. The molecule has 5 nitrogen and oxygen atoms in total. The van der Waals surface area contributed by atoms with Crippen molar-refractivity contribution in [3.8, 4) is 0 Å². The van der Waals surface area contributed by atoms with Crippen LogP contribution in [0, 0.1) is 5.82 Å². The van der Waals surface area contributed by atoms with Crippen molar-refractivity contribution in [1.82, 2.24) is 15.6 Å². The van der Waals surface area contributed by atoms with Crippen LogP contribution in [0.4, 0.5) is 4.39 Å². The van der Waals surface area contributed by atoms with Crippen LogP contribution in [-0.2, 0) is 11.2 Å². The summed E-state index contributed by atoms with van der Waals surface area (Å²) in [4.78, 5) is 7.31. The SMILES string of the molecule is CCOCCNC(=NC)NCCc1c[nH]c2ccc(F)cc12. The van der Waals surface area contributed by atoms with Crippen LogP contribution >= 0.6 is 0 Å². The molecule has 22 heavy (non-hydrogen) atoms. The topological polar surface area (TPSA) is 61.4 Å². The van der Waals surface area contributed by atoms with Crippen molar-refractivity contribution in [3.05, 3.63) is 35.8 Å². The molecular weight excluding hydrogens is 283 g/mol. The molecule has 1 aromatic carbocycles. The van der Waals surface area contributed by atoms with Crippen molar-refractivity contribution in [2.75, 3.05) is 33.4 Å². The summed E-state index contributed by atoms with van der Waals surface area (Å²) in [6.07, 6.45) is 2.71. The van der Waals surface area contributed by atoms with E-state index in [1.165, 1.54) is 6.07 Å². The number of guanidine groups is 1. The Hall–Kier alpha value is -2.08. The fourth-order valence-corrected chi connectivity index (χ4v) is 2.28. The minimum atomic E-state index is -0.213. The first-order valence-electron chi connectivity index (χ1n) is 7.52. The zero-order valence-electron chi connectivity index (χ0n) is 13.1. The molecule has 0 unspecified atom stereocenters. The normalized spacial score (nSPS) is 11.9. The second kappa shape index (κ2) is 8.38. The third-order valence-electron chi connectivity index (χ3n) is 3.38. The largest absolute Gasteiger partial charge is 0.380 e. The number of nitrogens with zero attached hydrogens (tertiary/aromatic N) is 1. The summed E-state index contributed by atoms with van der Waals surface area (Å²) < 4.78 is 18.6. The molecule has 0 bridgehead atoms. The van der Waals surface area contributed by atoms with Gasteiger partial charge in [-0.05, 0) is 37.1 Å². The van der Waals surface area contributed by atoms with Crippen LogP contribution in [-0.4, -0.2) is 44.3 Å². The summed E-state index contributed by atoms with van der Waals surface area (Å²) in [6.45, 7) is 4.77. The summed E-state index contributed by atoms with van der Waals surface area (Å²) in [5.41, 5.74) is 2.04. The number of rotatable bonds is 7. The first-order chi connectivity index (χ1) is 10.7. The Morgan fingerprint density at radius 2 is 2.14 bits per heavy atom. The predicted molar refractivity (Wildman–Crippen MR) is 87.8 cm³/mol. The third-order valence-corrected chi connectivity index (χ3v) is 3.38. The molecule has 6 heteroatoms. The zero-order valence-corrected chi connectivity index (χ0v) is 13.1. The lowest BCUT2D eigenvalue weighted by Gasteiger charge is -2.11. The number of H-pyrrole nitrogens is 1. The van der Waals surface area contributed by atoms with Gasteiger partial charge in [-0.15, -0.1) is 0 Å². The quantitative estimate of drug-likeness (QED) is 0.417. The highest BCUT2D eigenvalue weighted by Gasteiger charge is 2.05. The van der Waals surface area contributed by atoms with E-state index in [4.69, 9.17) is 4.74 Å². The summed E-state index contributed by atoms with van der Waals surface area (Å²) in [6, 6.07) is 4.79. The van der Waals surface area contributed by atoms with Crippen molar-refractivity contribution in [1.29, 1.82) is 0 Å². The van der Waals surface area contributed by atoms with Gasteiger partial charge in [0.05, 0.1) is 6.61 Å². The third kappa shape index (κ3) is 4.46. The average Bonchev–Trinajstić information content (AvgIpc) is 2.92. The Labute approximate surface area is 130 Å². The molecule has 0 spiro atoms. The molecule has 0 amide bonds. The van der Waals surface area contributed by atoms with E-state index >= 15 is 0 Å². The number of halogens is 1. The molecule has 0 radical (unpaired) electrons. The molecular formula is C16H23FN4O. The van der Waals surface area contributed by atoms with Gasteiger partial charge in [0, 0.05) is 43.8 Å². The van der Waals surface area contributed by atoms with Crippen LogP contribution in [0.2, 0.25) is 0 Å². The Balaban J connectivity index is 1.82. The number of aliphatic imine (C=N–C) groups is 1. The van der Waals surface area contributed by atoms with Gasteiger partial charge in [0.2, 0.25) is 0 Å². The Morgan fingerprint density at radius 1 is 1.32 bits per heavy atom. The Morgan fingerprint density at radius 3 is 2.91 bits per heavy atom. The summed E-state index contributed by atoms with van der Waals surface area (Å²) in [5, 5.41) is 7.35. The van der Waals surface area contributed by atoms with Crippen LogP contribution < -0.4 is 10.6 Å². The van der Waals surface area contributed by atoms with Gasteiger partial charge in [-0.2, -0.15) is 0 Å². The first-order valence-corrected chi connectivity index (χ1v) is 7.52. The van der Waals surface area contributed by atoms with E-state index in [1.807, 2.05) is 13.1 Å². The molecule has 3 N–H and O–H groups in total. The van der Waals surface area contributed by atoms with E-state index in [2.05, 4.69) is 20.6 Å². The standard InChI is InChI=1S/C16H23FN4O/c1-3-22-9-8-20-16(18-2)19-7-6-12-11-21-15-5-4-13(17)10-14(12)15/h4-5,10-11,21H,3,6-9H2,1-2H3,(H2,18,19,20). The van der Waals surface area contributed by atoms with E-state index in [0.717, 1.165) is 35.4 Å². The van der Waals surface area contributed by atoms with Crippen molar-refractivity contribution in [3.63, 3.8) is 0 Å². The van der Waals surface area contributed by atoms with Crippen molar-refractivity contribution < 1.29 is 9.13 Å². The van der Waals surface area contributed by atoms with E-state index in [-0.39, 0.29) is 5.82 Å². The van der Waals surface area contributed by atoms with Gasteiger partial charge in [-0.25, -0.2) is 4.39 Å². The molecule has 0 atom stereocenters. The number of hydrogen-bond donors (Lipinski definition) is 3. The van der Waals surface area contributed by atoms with Gasteiger partial charge in [-0.1, -0.05) is 0 Å². The molecule has 0 aliphatic carbocycles. The van der Waals surface area contributed by atoms with Crippen LogP contribution in [0.15, 0.2) is 29.4 Å². The van der Waals surface area contributed by atoms with E-state index < -0.39 is 0 Å². The molecule has 0 fully saturated rings. The van der Waals surface area contributed by atoms with Gasteiger partial charge in [0.15, 0.2) is 5.96 Å². The number of ether oxygens (including phenoxy) is 1. The summed E-state index contributed by atoms with van der Waals surface area (Å²) in [7, 11) is 1.73. The lowest BCUT2D eigenvalue weighted by atomic mass is 10.1. The molecule has 2 rings (SSSR count). The number of aromatic amines is 1. The monoisotopic (exact) mass is 306 g/mol. The lowest BCUT2D eigenvalue weighted by Crippen LogP contribution is -2.39. The fraction of sp³-hybridized carbons (Fsp3) is 0.438. The van der Waals surface area contributed by atoms with Gasteiger partial charge < -0.3 is 20.4 Å². The van der Waals surface area contributed by atoms with Crippen molar-refractivity contribution in [2.45, 2.75) is 13.3 Å². The molecule has 0 aliphatic rings. The molecule has 0 saturated carbocycles. The van der Waals surface area contributed by atoms with Crippen molar-refractivity contribution in [2.24, 2.45) is 4.99 Å². The highest BCUT2D eigenvalue weighted by molar-refractivity contribution is 5.83. The maximum atomic E-state index is 13.3. The van der Waals surface area contributed by atoms with Crippen LogP contribution in [0.3, 0.4) is 0 Å². The van der Waals surface area contributed by atoms with Gasteiger partial charge >= 0.3 is 0 Å². The molecule has 0 aliphatic heterocycles. The second-order valence-corrected chi connectivity index (χ2v) is 4.88. The summed E-state index contributed by atoms with van der Waals surface area (Å²) in [5.74, 6) is 0.528. The molecule has 120 valence electrons. The smallest absolute Gasteiger partial charge is 0.191 e. The maximum absolute atomic E-state index is 13.3. The minimum Gasteiger partial charge on any atom is -0.380 e. The number of benzene rings is 1. The van der Waals surface area contributed by atoms with E-state index in [9.17, 15) is 4.39 Å². The number of fused-ring (bicyclic) bond motifs is 1. The van der Waals surface area contributed by atoms with Gasteiger partial charge in [0.1, 0.15) is 5.82 Å². The van der Waals surface area contributed by atoms with Crippen LogP contribution in [0.25, 0.3) is 10.9 Å². The van der Waals surface area contributed by atoms with Crippen LogP contribution in [0.1, 0.15) is 12.5 Å².